The fraction of sp³-hybridized carbons (Fsp3) is 0.400. The summed E-state index contributed by atoms with van der Waals surface area (Å²) >= 11 is 13.1. The molecule has 130 valence electrons. The Morgan fingerprint density at radius 2 is 2.17 bits per heavy atom. The van der Waals surface area contributed by atoms with Crippen LogP contribution in [0.4, 0.5) is 10.5 Å². The molecular formula is C15H16Cl2N2O4S. The van der Waals surface area contributed by atoms with Crippen LogP contribution in [0.25, 0.3) is 0 Å². The molecule has 1 saturated heterocycles. The highest BCUT2D eigenvalue weighted by molar-refractivity contribution is 8.13. The molecule has 0 radical (unpaired) electrons. The Morgan fingerprint density at radius 1 is 1.42 bits per heavy atom. The molecule has 24 heavy (non-hydrogen) atoms. The Bertz CT molecular complexity index is 656. The second-order valence-corrected chi connectivity index (χ2v) is 6.91. The van der Waals surface area contributed by atoms with E-state index in [0.717, 1.165) is 5.75 Å². The predicted octanol–water partition coefficient (Wildman–Crippen LogP) is 3.42. The fourth-order valence-corrected chi connectivity index (χ4v) is 3.20. The molecule has 2 amide bonds. The lowest BCUT2D eigenvalue weighted by molar-refractivity contribution is -0.153. The number of amides is 2. The number of esters is 1. The van der Waals surface area contributed by atoms with Gasteiger partial charge >= 0.3 is 5.97 Å². The molecular weight excluding hydrogens is 375 g/mol. The Balaban J connectivity index is 1.81. The lowest BCUT2D eigenvalue weighted by Crippen LogP contribution is -2.32. The van der Waals surface area contributed by atoms with E-state index in [2.05, 4.69) is 5.32 Å². The molecule has 0 aliphatic carbocycles. The quantitative estimate of drug-likeness (QED) is 0.752. The number of rotatable bonds is 6. The third-order valence-electron chi connectivity index (χ3n) is 3.32. The summed E-state index contributed by atoms with van der Waals surface area (Å²) in [7, 11) is 0. The van der Waals surface area contributed by atoms with Crippen LogP contribution in [0.3, 0.4) is 0 Å². The van der Waals surface area contributed by atoms with Crippen molar-refractivity contribution in [3.05, 3.63) is 28.2 Å². The van der Waals surface area contributed by atoms with Crippen LogP contribution in [0.1, 0.15) is 13.3 Å². The van der Waals surface area contributed by atoms with Gasteiger partial charge in [-0.25, -0.2) is 0 Å². The van der Waals surface area contributed by atoms with Crippen molar-refractivity contribution in [1.29, 1.82) is 0 Å². The van der Waals surface area contributed by atoms with Gasteiger partial charge in [0.15, 0.2) is 6.10 Å². The largest absolute Gasteiger partial charge is 0.452 e. The Hall–Kier alpha value is -1.44. The molecule has 0 spiro atoms. The first-order valence-electron chi connectivity index (χ1n) is 7.24. The van der Waals surface area contributed by atoms with Gasteiger partial charge in [0.2, 0.25) is 0 Å². The molecule has 2 rings (SSSR count). The summed E-state index contributed by atoms with van der Waals surface area (Å²) in [6.07, 6.45) is -0.946. The second kappa shape index (κ2) is 8.60. The lowest BCUT2D eigenvalue weighted by Gasteiger charge is -2.16. The number of carbonyl (C=O) groups is 3. The maximum absolute atomic E-state index is 12.1. The molecule has 1 aliphatic rings. The molecule has 1 aliphatic heterocycles. The van der Waals surface area contributed by atoms with E-state index >= 15 is 0 Å². The standard InChI is InChI=1S/C15H16Cl2N2O4S/c1-9(14(21)18-11-4-2-3-10(16)13(11)17)23-12(20)5-6-19-7-8-24-15(19)22/h2-4,9H,5-8H2,1H3,(H,18,21). The number of halogens is 2. The van der Waals surface area contributed by atoms with Crippen molar-refractivity contribution in [2.24, 2.45) is 0 Å². The third-order valence-corrected chi connectivity index (χ3v) is 5.03. The highest BCUT2D eigenvalue weighted by Crippen LogP contribution is 2.29. The second-order valence-electron chi connectivity index (χ2n) is 5.07. The minimum atomic E-state index is -0.990. The molecule has 1 atom stereocenters. The monoisotopic (exact) mass is 390 g/mol. The highest BCUT2D eigenvalue weighted by atomic mass is 35.5. The number of benzene rings is 1. The third kappa shape index (κ3) is 5.03. The van der Waals surface area contributed by atoms with E-state index in [1.807, 2.05) is 0 Å². The van der Waals surface area contributed by atoms with Gasteiger partial charge in [0.05, 0.1) is 22.2 Å². The van der Waals surface area contributed by atoms with E-state index in [4.69, 9.17) is 27.9 Å². The zero-order valence-corrected chi connectivity index (χ0v) is 15.2. The van der Waals surface area contributed by atoms with Crippen molar-refractivity contribution >= 4 is 57.8 Å². The van der Waals surface area contributed by atoms with E-state index in [9.17, 15) is 14.4 Å². The minimum Gasteiger partial charge on any atom is -0.452 e. The number of hydrogen-bond acceptors (Lipinski definition) is 5. The van der Waals surface area contributed by atoms with Gasteiger partial charge in [-0.1, -0.05) is 41.0 Å². The summed E-state index contributed by atoms with van der Waals surface area (Å²) in [5.74, 6) is -0.326. The molecule has 1 fully saturated rings. The normalized spacial score (nSPS) is 15.3. The van der Waals surface area contributed by atoms with E-state index in [1.165, 1.54) is 18.7 Å². The maximum Gasteiger partial charge on any atom is 0.308 e. The smallest absolute Gasteiger partial charge is 0.308 e. The number of nitrogens with zero attached hydrogens (tertiary/aromatic N) is 1. The first-order valence-corrected chi connectivity index (χ1v) is 8.98. The average molecular weight is 391 g/mol. The Kier molecular flexibility index (Phi) is 6.77. The molecule has 6 nitrogen and oxygen atoms in total. The molecule has 1 N–H and O–H groups in total. The first-order chi connectivity index (χ1) is 11.4. The number of thioether (sulfide) groups is 1. The SMILES string of the molecule is CC(OC(=O)CCN1CCSC1=O)C(=O)Nc1cccc(Cl)c1Cl. The van der Waals surface area contributed by atoms with Crippen LogP contribution in [0.15, 0.2) is 18.2 Å². The van der Waals surface area contributed by atoms with Crippen LogP contribution in [-0.2, 0) is 14.3 Å². The average Bonchev–Trinajstić information content (AvgIpc) is 2.95. The van der Waals surface area contributed by atoms with E-state index in [-0.39, 0.29) is 16.7 Å². The predicted molar refractivity (Wildman–Crippen MR) is 94.7 cm³/mol. The number of hydrogen-bond donors (Lipinski definition) is 1. The fourth-order valence-electron chi connectivity index (χ4n) is 2.00. The van der Waals surface area contributed by atoms with Gasteiger partial charge in [0.25, 0.3) is 11.1 Å². The van der Waals surface area contributed by atoms with E-state index < -0.39 is 18.0 Å². The number of carbonyl (C=O) groups excluding carboxylic acids is 3. The summed E-state index contributed by atoms with van der Waals surface area (Å²) in [6, 6.07) is 4.84. The van der Waals surface area contributed by atoms with Crippen LogP contribution in [0.5, 0.6) is 0 Å². The topological polar surface area (TPSA) is 75.7 Å². The van der Waals surface area contributed by atoms with Gasteiger partial charge in [-0.3, -0.25) is 14.4 Å². The lowest BCUT2D eigenvalue weighted by atomic mass is 10.3. The highest BCUT2D eigenvalue weighted by Gasteiger charge is 2.23. The molecule has 0 saturated carbocycles. The molecule has 1 heterocycles. The molecule has 9 heteroatoms. The summed E-state index contributed by atoms with van der Waals surface area (Å²) in [5.41, 5.74) is 0.344. The van der Waals surface area contributed by atoms with Crippen molar-refractivity contribution < 1.29 is 19.1 Å². The van der Waals surface area contributed by atoms with Crippen molar-refractivity contribution in [1.82, 2.24) is 4.90 Å². The molecule has 1 unspecified atom stereocenters. The van der Waals surface area contributed by atoms with Gasteiger partial charge in [-0.15, -0.1) is 0 Å². The van der Waals surface area contributed by atoms with Crippen LogP contribution in [0, 0.1) is 0 Å². The van der Waals surface area contributed by atoms with Gasteiger partial charge in [0.1, 0.15) is 0 Å². The summed E-state index contributed by atoms with van der Waals surface area (Å²) in [5, 5.41) is 3.05. The van der Waals surface area contributed by atoms with Crippen molar-refractivity contribution in [3.8, 4) is 0 Å². The first kappa shape index (κ1) is 18.9. The van der Waals surface area contributed by atoms with Crippen LogP contribution in [0.2, 0.25) is 10.0 Å². The van der Waals surface area contributed by atoms with Crippen molar-refractivity contribution in [2.75, 3.05) is 24.2 Å². The van der Waals surface area contributed by atoms with Crippen LogP contribution in [-0.4, -0.2) is 47.0 Å². The van der Waals surface area contributed by atoms with Gasteiger partial charge in [-0.05, 0) is 19.1 Å². The Morgan fingerprint density at radius 3 is 2.83 bits per heavy atom. The number of nitrogens with one attached hydrogen (secondary N) is 1. The zero-order chi connectivity index (χ0) is 17.7. The summed E-state index contributed by atoms with van der Waals surface area (Å²) in [6.45, 7) is 2.38. The maximum atomic E-state index is 12.1. The minimum absolute atomic E-state index is 0.0378. The summed E-state index contributed by atoms with van der Waals surface area (Å²) < 4.78 is 5.08. The summed E-state index contributed by atoms with van der Waals surface area (Å²) in [4.78, 5) is 36.9. The van der Waals surface area contributed by atoms with Crippen LogP contribution >= 0.6 is 35.0 Å². The van der Waals surface area contributed by atoms with Crippen molar-refractivity contribution in [3.63, 3.8) is 0 Å². The Labute approximate surface area is 153 Å². The van der Waals surface area contributed by atoms with Gasteiger partial charge in [-0.2, -0.15) is 0 Å². The van der Waals surface area contributed by atoms with Crippen LogP contribution < -0.4 is 5.32 Å². The van der Waals surface area contributed by atoms with Gasteiger partial charge in [0, 0.05) is 18.8 Å². The zero-order valence-electron chi connectivity index (χ0n) is 12.9. The molecule has 1 aromatic carbocycles. The molecule has 0 aromatic heterocycles. The van der Waals surface area contributed by atoms with Gasteiger partial charge < -0.3 is 15.0 Å². The van der Waals surface area contributed by atoms with E-state index in [1.54, 1.807) is 23.1 Å². The molecule has 1 aromatic rings. The van der Waals surface area contributed by atoms with E-state index in [0.29, 0.717) is 23.8 Å². The molecule has 0 bridgehead atoms. The van der Waals surface area contributed by atoms with Crippen molar-refractivity contribution in [2.45, 2.75) is 19.4 Å². The number of anilines is 1. The number of ether oxygens (including phenoxy) is 1.